The van der Waals surface area contributed by atoms with E-state index >= 15 is 0 Å². The highest BCUT2D eigenvalue weighted by Gasteiger charge is 2.15. The summed E-state index contributed by atoms with van der Waals surface area (Å²) in [6.07, 6.45) is 0.979. The Morgan fingerprint density at radius 1 is 1.56 bits per heavy atom. The number of aliphatic hydroxyl groups excluding tert-OH is 1. The van der Waals surface area contributed by atoms with Crippen molar-refractivity contribution in [3.63, 3.8) is 0 Å². The maximum absolute atomic E-state index is 10.6. The van der Waals surface area contributed by atoms with Crippen molar-refractivity contribution in [2.24, 2.45) is 0 Å². The van der Waals surface area contributed by atoms with E-state index < -0.39 is 12.1 Å². The molecule has 0 bridgehead atoms. The van der Waals surface area contributed by atoms with Gasteiger partial charge in [0.1, 0.15) is 0 Å². The third-order valence-corrected chi connectivity index (χ3v) is 2.16. The molecule has 0 amide bonds. The molecule has 0 radical (unpaired) electrons. The summed E-state index contributed by atoms with van der Waals surface area (Å²) in [7, 11) is 0. The summed E-state index contributed by atoms with van der Waals surface area (Å²) < 4.78 is 1.59. The molecule has 90 valence electrons. The lowest BCUT2D eigenvalue weighted by atomic mass is 10.1. The molecular weight excluding hydrogens is 210 g/mol. The van der Waals surface area contributed by atoms with Gasteiger partial charge >= 0.3 is 5.97 Å². The Bertz CT molecular complexity index is 360. The maximum Gasteiger partial charge on any atom is 0.309 e. The molecule has 1 rings (SSSR count). The standard InChI is InChI=1S/C10H17N3O3/c1-3-4-9-8(5-10(15)16)11-12-13(9)6-7(2)14/h7,14H,3-6H2,1-2H3,(H,15,16). The Morgan fingerprint density at radius 2 is 2.25 bits per heavy atom. The van der Waals surface area contributed by atoms with Crippen LogP contribution >= 0.6 is 0 Å². The fourth-order valence-corrected chi connectivity index (χ4v) is 1.56. The number of carbonyl (C=O) groups is 1. The lowest BCUT2D eigenvalue weighted by Gasteiger charge is -2.08. The molecule has 1 aromatic heterocycles. The Balaban J connectivity index is 2.91. The van der Waals surface area contributed by atoms with E-state index in [4.69, 9.17) is 5.11 Å². The summed E-state index contributed by atoms with van der Waals surface area (Å²) in [5.41, 5.74) is 1.31. The zero-order valence-corrected chi connectivity index (χ0v) is 9.55. The van der Waals surface area contributed by atoms with E-state index in [9.17, 15) is 9.90 Å². The summed E-state index contributed by atoms with van der Waals surface area (Å²) in [6.45, 7) is 4.01. The summed E-state index contributed by atoms with van der Waals surface area (Å²) in [5, 5.41) is 25.7. The molecule has 6 heteroatoms. The molecule has 1 aromatic rings. The van der Waals surface area contributed by atoms with E-state index in [-0.39, 0.29) is 6.42 Å². The molecule has 0 spiro atoms. The van der Waals surface area contributed by atoms with Crippen LogP contribution in [0.2, 0.25) is 0 Å². The van der Waals surface area contributed by atoms with Crippen molar-refractivity contribution in [1.29, 1.82) is 0 Å². The van der Waals surface area contributed by atoms with Gasteiger partial charge in [-0.3, -0.25) is 4.79 Å². The van der Waals surface area contributed by atoms with Crippen LogP contribution in [0.15, 0.2) is 0 Å². The highest BCUT2D eigenvalue weighted by molar-refractivity contribution is 5.69. The third kappa shape index (κ3) is 3.30. The minimum Gasteiger partial charge on any atom is -0.481 e. The average molecular weight is 227 g/mol. The largest absolute Gasteiger partial charge is 0.481 e. The monoisotopic (exact) mass is 227 g/mol. The van der Waals surface area contributed by atoms with Gasteiger partial charge in [-0.25, -0.2) is 4.68 Å². The molecule has 0 saturated heterocycles. The smallest absolute Gasteiger partial charge is 0.309 e. The molecule has 1 heterocycles. The van der Waals surface area contributed by atoms with Crippen LogP contribution in [0, 0.1) is 0 Å². The Hall–Kier alpha value is -1.43. The number of hydrogen-bond donors (Lipinski definition) is 2. The van der Waals surface area contributed by atoms with Crippen LogP contribution in [0.4, 0.5) is 0 Å². The SMILES string of the molecule is CCCc1c(CC(=O)O)nnn1CC(C)O. The first-order chi connectivity index (χ1) is 7.54. The van der Waals surface area contributed by atoms with Gasteiger partial charge in [0.05, 0.1) is 30.5 Å². The second-order valence-corrected chi connectivity index (χ2v) is 3.83. The minimum atomic E-state index is -0.915. The number of hydrogen-bond acceptors (Lipinski definition) is 4. The van der Waals surface area contributed by atoms with Crippen LogP contribution in [-0.4, -0.2) is 37.3 Å². The van der Waals surface area contributed by atoms with Gasteiger partial charge < -0.3 is 10.2 Å². The number of carboxylic acid groups (broad SMARTS) is 1. The van der Waals surface area contributed by atoms with E-state index in [1.807, 2.05) is 6.92 Å². The predicted octanol–water partition coefficient (Wildman–Crippen LogP) is 0.238. The van der Waals surface area contributed by atoms with E-state index in [1.54, 1.807) is 11.6 Å². The summed E-state index contributed by atoms with van der Waals surface area (Å²) >= 11 is 0. The fourth-order valence-electron chi connectivity index (χ4n) is 1.56. The molecule has 0 saturated carbocycles. The first-order valence-electron chi connectivity index (χ1n) is 5.35. The molecular formula is C10H17N3O3. The summed E-state index contributed by atoms with van der Waals surface area (Å²) in [5.74, 6) is -0.915. The zero-order valence-electron chi connectivity index (χ0n) is 9.55. The number of rotatable bonds is 6. The first-order valence-corrected chi connectivity index (χ1v) is 5.35. The van der Waals surface area contributed by atoms with Crippen molar-refractivity contribution in [3.8, 4) is 0 Å². The van der Waals surface area contributed by atoms with Crippen molar-refractivity contribution in [1.82, 2.24) is 15.0 Å². The molecule has 2 N–H and O–H groups in total. The normalized spacial score (nSPS) is 12.7. The average Bonchev–Trinajstić information content (AvgIpc) is 2.49. The van der Waals surface area contributed by atoms with Crippen LogP contribution in [0.5, 0.6) is 0 Å². The van der Waals surface area contributed by atoms with E-state index in [0.717, 1.165) is 18.5 Å². The second kappa shape index (κ2) is 5.60. The van der Waals surface area contributed by atoms with Crippen LogP contribution in [0.1, 0.15) is 31.7 Å². The molecule has 16 heavy (non-hydrogen) atoms. The molecule has 1 atom stereocenters. The maximum atomic E-state index is 10.6. The lowest BCUT2D eigenvalue weighted by molar-refractivity contribution is -0.136. The van der Waals surface area contributed by atoms with Gasteiger partial charge in [0.25, 0.3) is 0 Å². The van der Waals surface area contributed by atoms with Gasteiger partial charge in [0, 0.05) is 0 Å². The van der Waals surface area contributed by atoms with Crippen LogP contribution in [0.3, 0.4) is 0 Å². The van der Waals surface area contributed by atoms with Gasteiger partial charge in [-0.15, -0.1) is 5.10 Å². The highest BCUT2D eigenvalue weighted by atomic mass is 16.4. The van der Waals surface area contributed by atoms with Crippen molar-refractivity contribution in [2.45, 2.75) is 45.8 Å². The van der Waals surface area contributed by atoms with Gasteiger partial charge in [0.15, 0.2) is 0 Å². The summed E-state index contributed by atoms with van der Waals surface area (Å²) in [6, 6.07) is 0. The zero-order chi connectivity index (χ0) is 12.1. The molecule has 0 aromatic carbocycles. The van der Waals surface area contributed by atoms with Crippen molar-refractivity contribution < 1.29 is 15.0 Å². The third-order valence-electron chi connectivity index (χ3n) is 2.16. The number of aromatic nitrogens is 3. The Morgan fingerprint density at radius 3 is 2.75 bits per heavy atom. The molecule has 1 unspecified atom stereocenters. The quantitative estimate of drug-likeness (QED) is 0.726. The van der Waals surface area contributed by atoms with E-state index in [2.05, 4.69) is 10.3 Å². The molecule has 0 aliphatic rings. The summed E-state index contributed by atoms with van der Waals surface area (Å²) in [4.78, 5) is 10.6. The van der Waals surface area contributed by atoms with E-state index in [0.29, 0.717) is 12.2 Å². The Kier molecular flexibility index (Phi) is 4.42. The Labute approximate surface area is 93.9 Å². The van der Waals surface area contributed by atoms with Crippen LogP contribution < -0.4 is 0 Å². The topological polar surface area (TPSA) is 88.2 Å². The number of aliphatic carboxylic acids is 1. The highest BCUT2D eigenvalue weighted by Crippen LogP contribution is 2.10. The molecule has 0 fully saturated rings. The first kappa shape index (κ1) is 12.6. The second-order valence-electron chi connectivity index (χ2n) is 3.83. The van der Waals surface area contributed by atoms with Gasteiger partial charge in [0.2, 0.25) is 0 Å². The van der Waals surface area contributed by atoms with Crippen LogP contribution in [-0.2, 0) is 24.2 Å². The minimum absolute atomic E-state index is 0.116. The lowest BCUT2D eigenvalue weighted by Crippen LogP contribution is -2.16. The number of carboxylic acids is 1. The fraction of sp³-hybridized carbons (Fsp3) is 0.700. The van der Waals surface area contributed by atoms with E-state index in [1.165, 1.54) is 0 Å². The van der Waals surface area contributed by atoms with Gasteiger partial charge in [-0.05, 0) is 13.3 Å². The van der Waals surface area contributed by atoms with Crippen LogP contribution in [0.25, 0.3) is 0 Å². The number of aliphatic hydroxyl groups is 1. The van der Waals surface area contributed by atoms with Crippen molar-refractivity contribution >= 4 is 5.97 Å². The predicted molar refractivity (Wildman–Crippen MR) is 57.0 cm³/mol. The van der Waals surface area contributed by atoms with Gasteiger partial charge in [-0.1, -0.05) is 18.6 Å². The molecule has 0 aliphatic carbocycles. The number of nitrogens with zero attached hydrogens (tertiary/aromatic N) is 3. The molecule has 6 nitrogen and oxygen atoms in total. The van der Waals surface area contributed by atoms with Gasteiger partial charge in [-0.2, -0.15) is 0 Å². The van der Waals surface area contributed by atoms with Crippen molar-refractivity contribution in [2.75, 3.05) is 0 Å². The van der Waals surface area contributed by atoms with Crippen molar-refractivity contribution in [3.05, 3.63) is 11.4 Å². The molecule has 0 aliphatic heterocycles.